The Hall–Kier alpha value is -4.84. The monoisotopic (exact) mass is 488 g/mol. The summed E-state index contributed by atoms with van der Waals surface area (Å²) in [5.41, 5.74) is 5.90. The molecule has 37 heavy (non-hydrogen) atoms. The summed E-state index contributed by atoms with van der Waals surface area (Å²) in [4.78, 5) is 48.3. The summed E-state index contributed by atoms with van der Waals surface area (Å²) in [7, 11) is 0. The minimum Gasteiger partial charge on any atom is -0.386 e. The summed E-state index contributed by atoms with van der Waals surface area (Å²) in [5, 5.41) is 0. The zero-order valence-corrected chi connectivity index (χ0v) is 20.0. The molecule has 180 valence electrons. The van der Waals surface area contributed by atoms with Crippen LogP contribution in [0.15, 0.2) is 84.9 Å². The Kier molecular flexibility index (Phi) is 4.95. The van der Waals surface area contributed by atoms with E-state index in [0.717, 1.165) is 22.3 Å². The number of hydrogen-bond acceptors (Lipinski definition) is 6. The lowest BCUT2D eigenvalue weighted by molar-refractivity contribution is 0.0426. The van der Waals surface area contributed by atoms with Crippen molar-refractivity contribution in [3.63, 3.8) is 0 Å². The lowest BCUT2D eigenvalue weighted by atomic mass is 9.77. The minimum atomic E-state index is -0.623. The zero-order valence-electron chi connectivity index (χ0n) is 20.0. The summed E-state index contributed by atoms with van der Waals surface area (Å²) in [6.45, 7) is 4.23. The molecule has 4 aromatic carbocycles. The molecule has 0 saturated carbocycles. The van der Waals surface area contributed by atoms with Crippen molar-refractivity contribution in [3.8, 4) is 22.3 Å². The normalized spacial score (nSPS) is 14.3. The molecule has 0 saturated heterocycles. The minimum absolute atomic E-state index is 0.286. The fourth-order valence-electron chi connectivity index (χ4n) is 5.05. The fraction of sp³-hybridized carbons (Fsp3) is 0.0968. The van der Waals surface area contributed by atoms with Crippen molar-refractivity contribution >= 4 is 23.9 Å². The topological polar surface area (TPSA) is 86.7 Å². The van der Waals surface area contributed by atoms with Crippen LogP contribution in [0, 0.1) is 0 Å². The number of carbonyl (C=O) groups excluding carboxylic acids is 4. The summed E-state index contributed by atoms with van der Waals surface area (Å²) in [5.74, 6) is -2.48. The Bertz CT molecular complexity index is 1520. The SMILES string of the molecule is CC(C)(c1ccc(-c2cccc3c2C(=O)OC3=O)cc1)c1ccc(-c2cccc3c2C(=O)OC3=O)cc1. The van der Waals surface area contributed by atoms with Crippen LogP contribution < -0.4 is 0 Å². The molecule has 6 nitrogen and oxygen atoms in total. The van der Waals surface area contributed by atoms with Gasteiger partial charge in [-0.05, 0) is 45.5 Å². The van der Waals surface area contributed by atoms with Crippen molar-refractivity contribution < 1.29 is 28.7 Å². The third-order valence-electron chi connectivity index (χ3n) is 7.18. The number of carbonyl (C=O) groups is 4. The molecule has 0 fully saturated rings. The van der Waals surface area contributed by atoms with Crippen molar-refractivity contribution in [1.82, 2.24) is 0 Å². The van der Waals surface area contributed by atoms with Crippen LogP contribution in [0.25, 0.3) is 22.3 Å². The van der Waals surface area contributed by atoms with Crippen LogP contribution in [0.5, 0.6) is 0 Å². The number of hydrogen-bond donors (Lipinski definition) is 0. The quantitative estimate of drug-likeness (QED) is 0.260. The first-order valence-electron chi connectivity index (χ1n) is 11.8. The predicted octanol–water partition coefficient (Wildman–Crippen LogP) is 5.97. The Morgan fingerprint density at radius 2 is 0.811 bits per heavy atom. The molecule has 0 bridgehead atoms. The van der Waals surface area contributed by atoms with Gasteiger partial charge in [0.2, 0.25) is 0 Å². The Morgan fingerprint density at radius 3 is 1.19 bits per heavy atom. The van der Waals surface area contributed by atoms with Gasteiger partial charge in [0.1, 0.15) is 0 Å². The molecule has 0 N–H and O–H groups in total. The van der Waals surface area contributed by atoms with E-state index in [1.54, 1.807) is 36.4 Å². The van der Waals surface area contributed by atoms with Crippen molar-refractivity contribution in [2.75, 3.05) is 0 Å². The van der Waals surface area contributed by atoms with E-state index in [-0.39, 0.29) is 16.5 Å². The molecule has 2 aliphatic heterocycles. The van der Waals surface area contributed by atoms with Crippen molar-refractivity contribution in [1.29, 1.82) is 0 Å². The van der Waals surface area contributed by atoms with Gasteiger partial charge < -0.3 is 9.47 Å². The van der Waals surface area contributed by atoms with Gasteiger partial charge in [-0.2, -0.15) is 0 Å². The number of ether oxygens (including phenoxy) is 2. The number of rotatable bonds is 4. The average Bonchev–Trinajstić information content (AvgIpc) is 3.38. The van der Waals surface area contributed by atoms with E-state index in [0.29, 0.717) is 22.3 Å². The molecule has 6 rings (SSSR count). The highest BCUT2D eigenvalue weighted by Gasteiger charge is 2.33. The van der Waals surface area contributed by atoms with Crippen LogP contribution in [0.4, 0.5) is 0 Å². The lowest BCUT2D eigenvalue weighted by Crippen LogP contribution is -2.18. The van der Waals surface area contributed by atoms with Crippen LogP contribution >= 0.6 is 0 Å². The van der Waals surface area contributed by atoms with E-state index in [4.69, 9.17) is 9.47 Å². The van der Waals surface area contributed by atoms with Crippen LogP contribution in [-0.2, 0) is 14.9 Å². The Morgan fingerprint density at radius 1 is 0.459 bits per heavy atom. The van der Waals surface area contributed by atoms with Crippen molar-refractivity contribution in [2.24, 2.45) is 0 Å². The van der Waals surface area contributed by atoms with Crippen molar-refractivity contribution in [3.05, 3.63) is 118 Å². The van der Waals surface area contributed by atoms with Crippen LogP contribution in [-0.4, -0.2) is 23.9 Å². The molecule has 0 spiro atoms. The van der Waals surface area contributed by atoms with Gasteiger partial charge in [0.25, 0.3) is 0 Å². The largest absolute Gasteiger partial charge is 0.386 e. The number of fused-ring (bicyclic) bond motifs is 2. The molecule has 0 aromatic heterocycles. The highest BCUT2D eigenvalue weighted by molar-refractivity contribution is 6.18. The van der Waals surface area contributed by atoms with Gasteiger partial charge in [0.15, 0.2) is 0 Å². The second kappa shape index (κ2) is 8.10. The van der Waals surface area contributed by atoms with Crippen LogP contribution in [0.2, 0.25) is 0 Å². The smallest absolute Gasteiger partial charge is 0.347 e. The van der Waals surface area contributed by atoms with Gasteiger partial charge in [-0.1, -0.05) is 86.6 Å². The van der Waals surface area contributed by atoms with E-state index in [9.17, 15) is 19.2 Å². The standard InChI is InChI=1S/C31H20O6/c1-31(2,19-13-9-17(10-14-19)21-5-3-7-23-25(21)29(34)36-27(23)32)20-15-11-18(12-16-20)22-6-4-8-24-26(22)30(35)37-28(24)33/h3-16H,1-2H3. The summed E-state index contributed by atoms with van der Waals surface area (Å²) < 4.78 is 9.57. The number of cyclic esters (lactones) is 4. The molecular weight excluding hydrogens is 468 g/mol. The maximum atomic E-state index is 12.2. The first kappa shape index (κ1) is 22.6. The Labute approximate surface area is 212 Å². The molecule has 6 heteroatoms. The highest BCUT2D eigenvalue weighted by Crippen LogP contribution is 2.37. The molecule has 0 aliphatic carbocycles. The van der Waals surface area contributed by atoms with E-state index in [2.05, 4.69) is 13.8 Å². The molecule has 4 aromatic rings. The predicted molar refractivity (Wildman–Crippen MR) is 135 cm³/mol. The second-order valence-corrected chi connectivity index (χ2v) is 9.59. The van der Waals surface area contributed by atoms with E-state index in [1.807, 2.05) is 48.5 Å². The molecule has 0 unspecified atom stereocenters. The maximum Gasteiger partial charge on any atom is 0.347 e. The summed E-state index contributed by atoms with van der Waals surface area (Å²) in [6.07, 6.45) is 0. The lowest BCUT2D eigenvalue weighted by Gasteiger charge is -2.27. The van der Waals surface area contributed by atoms with Crippen LogP contribution in [0.1, 0.15) is 66.4 Å². The van der Waals surface area contributed by atoms with Gasteiger partial charge in [-0.3, -0.25) is 0 Å². The molecule has 0 amide bonds. The third kappa shape index (κ3) is 3.49. The molecule has 2 heterocycles. The van der Waals surface area contributed by atoms with E-state index >= 15 is 0 Å². The van der Waals surface area contributed by atoms with Gasteiger partial charge in [-0.15, -0.1) is 0 Å². The molecule has 0 radical (unpaired) electrons. The average molecular weight is 488 g/mol. The van der Waals surface area contributed by atoms with E-state index in [1.165, 1.54) is 0 Å². The Balaban J connectivity index is 1.31. The summed E-state index contributed by atoms with van der Waals surface area (Å²) in [6, 6.07) is 26.1. The fourth-order valence-corrected chi connectivity index (χ4v) is 5.05. The van der Waals surface area contributed by atoms with Crippen LogP contribution in [0.3, 0.4) is 0 Å². The highest BCUT2D eigenvalue weighted by atomic mass is 16.6. The first-order chi connectivity index (χ1) is 17.8. The zero-order chi connectivity index (χ0) is 25.9. The van der Waals surface area contributed by atoms with Crippen molar-refractivity contribution in [2.45, 2.75) is 19.3 Å². The molecule has 2 aliphatic rings. The summed E-state index contributed by atoms with van der Waals surface area (Å²) >= 11 is 0. The molecular formula is C31H20O6. The second-order valence-electron chi connectivity index (χ2n) is 9.59. The number of benzene rings is 4. The van der Waals surface area contributed by atoms with Gasteiger partial charge in [-0.25, -0.2) is 19.2 Å². The number of esters is 4. The maximum absolute atomic E-state index is 12.2. The first-order valence-corrected chi connectivity index (χ1v) is 11.8. The van der Waals surface area contributed by atoms with E-state index < -0.39 is 23.9 Å². The van der Waals surface area contributed by atoms with Gasteiger partial charge in [0.05, 0.1) is 22.3 Å². The molecule has 0 atom stereocenters. The van der Waals surface area contributed by atoms with Gasteiger partial charge >= 0.3 is 23.9 Å². The third-order valence-corrected chi connectivity index (χ3v) is 7.18. The van der Waals surface area contributed by atoms with Gasteiger partial charge in [0, 0.05) is 5.41 Å².